The third-order valence-electron chi connectivity index (χ3n) is 3.05. The standard InChI is InChI=1S/C14H9BrN2O2.Na.H/c15-13-6-9-5-8(14(18)19-16)1-2-10(9)12-7-17-4-3-11(12)13;;/h1-7H,16H2;;. The van der Waals surface area contributed by atoms with Gasteiger partial charge in [-0.25, -0.2) is 4.79 Å². The van der Waals surface area contributed by atoms with Crippen LogP contribution < -0.4 is 5.90 Å². The van der Waals surface area contributed by atoms with E-state index in [0.717, 1.165) is 26.0 Å². The SMILES string of the molecule is NOC(=O)c1ccc2c(c1)cc(Br)c1ccncc12.[NaH]. The Kier molecular flexibility index (Phi) is 4.78. The summed E-state index contributed by atoms with van der Waals surface area (Å²) in [5.74, 6) is 4.35. The van der Waals surface area contributed by atoms with Gasteiger partial charge in [-0.1, -0.05) is 22.0 Å². The normalized spacial score (nSPS) is 10.3. The van der Waals surface area contributed by atoms with E-state index in [2.05, 4.69) is 25.8 Å². The fourth-order valence-corrected chi connectivity index (χ4v) is 2.75. The Morgan fingerprint density at radius 3 is 2.70 bits per heavy atom. The van der Waals surface area contributed by atoms with Crippen molar-refractivity contribution in [3.05, 3.63) is 52.8 Å². The number of pyridine rings is 1. The van der Waals surface area contributed by atoms with Gasteiger partial charge in [0, 0.05) is 22.3 Å². The van der Waals surface area contributed by atoms with E-state index >= 15 is 0 Å². The molecule has 0 saturated carbocycles. The van der Waals surface area contributed by atoms with E-state index in [-0.39, 0.29) is 29.6 Å². The molecule has 0 unspecified atom stereocenters. The molecule has 6 heteroatoms. The average molecular weight is 341 g/mol. The van der Waals surface area contributed by atoms with Crippen LogP contribution in [0.3, 0.4) is 0 Å². The maximum atomic E-state index is 11.4. The topological polar surface area (TPSA) is 65.2 Å². The Morgan fingerprint density at radius 2 is 1.95 bits per heavy atom. The molecule has 0 spiro atoms. The summed E-state index contributed by atoms with van der Waals surface area (Å²) in [5, 5.41) is 4.06. The van der Waals surface area contributed by atoms with Gasteiger partial charge >= 0.3 is 35.5 Å². The van der Waals surface area contributed by atoms with Crippen molar-refractivity contribution in [2.75, 3.05) is 0 Å². The van der Waals surface area contributed by atoms with Gasteiger partial charge in [0.05, 0.1) is 5.56 Å². The van der Waals surface area contributed by atoms with Crippen LogP contribution in [-0.2, 0) is 4.84 Å². The number of rotatable bonds is 1. The second kappa shape index (κ2) is 6.20. The van der Waals surface area contributed by atoms with Crippen LogP contribution in [0.2, 0.25) is 0 Å². The molecule has 0 fully saturated rings. The molecule has 2 N–H and O–H groups in total. The second-order valence-electron chi connectivity index (χ2n) is 4.12. The van der Waals surface area contributed by atoms with Crippen molar-refractivity contribution in [2.24, 2.45) is 5.90 Å². The van der Waals surface area contributed by atoms with Gasteiger partial charge in [-0.05, 0) is 40.4 Å². The van der Waals surface area contributed by atoms with Crippen LogP contribution in [0.5, 0.6) is 0 Å². The molecule has 3 rings (SSSR count). The second-order valence-corrected chi connectivity index (χ2v) is 4.98. The van der Waals surface area contributed by atoms with Crippen molar-refractivity contribution in [3.63, 3.8) is 0 Å². The van der Waals surface area contributed by atoms with Crippen molar-refractivity contribution in [1.29, 1.82) is 0 Å². The van der Waals surface area contributed by atoms with Crippen LogP contribution in [0.1, 0.15) is 10.4 Å². The van der Waals surface area contributed by atoms with Crippen LogP contribution >= 0.6 is 15.9 Å². The van der Waals surface area contributed by atoms with Gasteiger partial charge in [0.2, 0.25) is 0 Å². The molecule has 0 aliphatic rings. The molecular weight excluding hydrogens is 331 g/mol. The number of fused-ring (bicyclic) bond motifs is 3. The van der Waals surface area contributed by atoms with Crippen molar-refractivity contribution in [3.8, 4) is 0 Å². The van der Waals surface area contributed by atoms with E-state index in [1.807, 2.05) is 24.4 Å². The summed E-state index contributed by atoms with van der Waals surface area (Å²) < 4.78 is 0.954. The molecule has 20 heavy (non-hydrogen) atoms. The molecule has 0 aliphatic carbocycles. The van der Waals surface area contributed by atoms with Gasteiger partial charge < -0.3 is 4.84 Å². The van der Waals surface area contributed by atoms with Gasteiger partial charge in [-0.3, -0.25) is 4.98 Å². The molecule has 2 aromatic carbocycles. The Balaban J connectivity index is 0.00000147. The molecule has 0 atom stereocenters. The number of carbonyl (C=O) groups is 1. The predicted octanol–water partition coefficient (Wildman–Crippen LogP) is 2.53. The number of nitrogens with zero attached hydrogens (tertiary/aromatic N) is 1. The minimum absolute atomic E-state index is 0. The first-order chi connectivity index (χ1) is 9.20. The number of hydrogen-bond acceptors (Lipinski definition) is 4. The maximum absolute atomic E-state index is 11.4. The fourth-order valence-electron chi connectivity index (χ4n) is 2.15. The fraction of sp³-hybridized carbons (Fsp3) is 0. The van der Waals surface area contributed by atoms with E-state index in [4.69, 9.17) is 5.90 Å². The zero-order valence-electron chi connectivity index (χ0n) is 9.76. The molecular formula is C14H10BrN2NaO2. The molecule has 0 saturated heterocycles. The van der Waals surface area contributed by atoms with Gasteiger partial charge in [-0.2, -0.15) is 5.90 Å². The first-order valence-electron chi connectivity index (χ1n) is 5.58. The first-order valence-corrected chi connectivity index (χ1v) is 6.37. The Labute approximate surface area is 145 Å². The van der Waals surface area contributed by atoms with Gasteiger partial charge in [0.15, 0.2) is 0 Å². The Bertz CT molecular complexity index is 808. The van der Waals surface area contributed by atoms with Gasteiger partial charge in [0.1, 0.15) is 0 Å². The van der Waals surface area contributed by atoms with Gasteiger partial charge in [-0.15, -0.1) is 0 Å². The first kappa shape index (κ1) is 15.4. The zero-order valence-corrected chi connectivity index (χ0v) is 11.3. The van der Waals surface area contributed by atoms with Crippen LogP contribution in [0.4, 0.5) is 0 Å². The summed E-state index contributed by atoms with van der Waals surface area (Å²) in [7, 11) is 0. The third kappa shape index (κ3) is 2.60. The number of nitrogens with two attached hydrogens (primary N) is 1. The van der Waals surface area contributed by atoms with Crippen LogP contribution in [0.15, 0.2) is 47.2 Å². The minimum atomic E-state index is -0.552. The Hall–Kier alpha value is -0.980. The number of carbonyl (C=O) groups excluding carboxylic acids is 1. The summed E-state index contributed by atoms with van der Waals surface area (Å²) >= 11 is 3.53. The van der Waals surface area contributed by atoms with Crippen molar-refractivity contribution >= 4 is 73.0 Å². The molecule has 0 aliphatic heterocycles. The van der Waals surface area contributed by atoms with E-state index in [9.17, 15) is 4.79 Å². The number of benzene rings is 2. The summed E-state index contributed by atoms with van der Waals surface area (Å²) in [4.78, 5) is 19.8. The monoisotopic (exact) mass is 340 g/mol. The van der Waals surface area contributed by atoms with E-state index in [1.54, 1.807) is 18.3 Å². The third-order valence-corrected chi connectivity index (χ3v) is 3.70. The van der Waals surface area contributed by atoms with Crippen molar-refractivity contribution in [1.82, 2.24) is 4.98 Å². The molecule has 1 aromatic heterocycles. The predicted molar refractivity (Wildman–Crippen MR) is 83.7 cm³/mol. The van der Waals surface area contributed by atoms with Crippen molar-refractivity contribution in [2.45, 2.75) is 0 Å². The van der Waals surface area contributed by atoms with Crippen LogP contribution in [-0.4, -0.2) is 40.5 Å². The van der Waals surface area contributed by atoms with E-state index < -0.39 is 5.97 Å². The van der Waals surface area contributed by atoms with Crippen LogP contribution in [0, 0.1) is 0 Å². The quantitative estimate of drug-likeness (QED) is 0.420. The summed E-state index contributed by atoms with van der Waals surface area (Å²) in [6.45, 7) is 0. The molecule has 96 valence electrons. The van der Waals surface area contributed by atoms with Crippen molar-refractivity contribution < 1.29 is 9.63 Å². The van der Waals surface area contributed by atoms with Gasteiger partial charge in [0.25, 0.3) is 0 Å². The molecule has 0 bridgehead atoms. The summed E-state index contributed by atoms with van der Waals surface area (Å²) in [5.41, 5.74) is 0.421. The molecule has 3 aromatic rings. The number of aromatic nitrogens is 1. The molecule has 0 amide bonds. The molecule has 1 heterocycles. The number of halogens is 1. The van der Waals surface area contributed by atoms with Crippen LogP contribution in [0.25, 0.3) is 21.5 Å². The Morgan fingerprint density at radius 1 is 1.15 bits per heavy atom. The zero-order chi connectivity index (χ0) is 13.4. The summed E-state index contributed by atoms with van der Waals surface area (Å²) in [6.07, 6.45) is 3.56. The van der Waals surface area contributed by atoms with E-state index in [1.165, 1.54) is 0 Å². The summed E-state index contributed by atoms with van der Waals surface area (Å²) in [6, 6.07) is 9.23. The van der Waals surface area contributed by atoms with E-state index in [0.29, 0.717) is 5.56 Å². The molecule has 0 radical (unpaired) electrons. The average Bonchev–Trinajstić information content (AvgIpc) is 2.46. The number of hydrogen-bond donors (Lipinski definition) is 1. The molecule has 4 nitrogen and oxygen atoms in total.